The van der Waals surface area contributed by atoms with Crippen molar-refractivity contribution < 1.29 is 4.74 Å². The van der Waals surface area contributed by atoms with Gasteiger partial charge in [-0.05, 0) is 39.8 Å². The van der Waals surface area contributed by atoms with Crippen molar-refractivity contribution in [3.8, 4) is 6.01 Å². The van der Waals surface area contributed by atoms with Crippen LogP contribution >= 0.6 is 0 Å². The summed E-state index contributed by atoms with van der Waals surface area (Å²) in [6, 6.07) is 0.608. The van der Waals surface area contributed by atoms with Gasteiger partial charge in [-0.3, -0.25) is 5.43 Å². The smallest absolute Gasteiger partial charge is 0.323 e. The lowest BCUT2D eigenvalue weighted by atomic mass is 9.94. The Kier molecular flexibility index (Phi) is 5.13. The van der Waals surface area contributed by atoms with E-state index in [0.717, 1.165) is 19.5 Å². The standard InChI is InChI=1S/C13H25N7O/c1-8(2)21-13-17-11(16-12(18-13)19-14)15-10-5-6-20(4)7-9(10)3/h8-10H,5-7,14H2,1-4H3,(H2,15,16,17,18,19). The Morgan fingerprint density at radius 1 is 1.29 bits per heavy atom. The molecule has 0 saturated carbocycles. The fraction of sp³-hybridized carbons (Fsp3) is 0.769. The molecular weight excluding hydrogens is 270 g/mol. The number of nitrogen functional groups attached to an aromatic ring is 1. The van der Waals surface area contributed by atoms with E-state index >= 15 is 0 Å². The quantitative estimate of drug-likeness (QED) is 0.539. The van der Waals surface area contributed by atoms with Gasteiger partial charge in [0.2, 0.25) is 11.9 Å². The Morgan fingerprint density at radius 2 is 2.00 bits per heavy atom. The average molecular weight is 295 g/mol. The second-order valence-corrected chi connectivity index (χ2v) is 5.86. The van der Waals surface area contributed by atoms with Crippen molar-refractivity contribution in [1.82, 2.24) is 19.9 Å². The van der Waals surface area contributed by atoms with E-state index in [1.165, 1.54) is 0 Å². The Morgan fingerprint density at radius 3 is 2.62 bits per heavy atom. The number of anilines is 2. The zero-order valence-corrected chi connectivity index (χ0v) is 13.1. The van der Waals surface area contributed by atoms with Gasteiger partial charge < -0.3 is 15.0 Å². The van der Waals surface area contributed by atoms with Gasteiger partial charge in [0.05, 0.1) is 6.10 Å². The Bertz CT molecular complexity index is 468. The predicted molar refractivity (Wildman–Crippen MR) is 82.1 cm³/mol. The molecule has 1 aliphatic heterocycles. The van der Waals surface area contributed by atoms with Gasteiger partial charge in [-0.1, -0.05) is 6.92 Å². The van der Waals surface area contributed by atoms with Gasteiger partial charge in [0.25, 0.3) is 0 Å². The summed E-state index contributed by atoms with van der Waals surface area (Å²) in [6.45, 7) is 8.18. The van der Waals surface area contributed by atoms with Crippen LogP contribution in [0.15, 0.2) is 0 Å². The van der Waals surface area contributed by atoms with E-state index in [0.29, 0.717) is 23.9 Å². The molecule has 1 aromatic heterocycles. The van der Waals surface area contributed by atoms with Crippen molar-refractivity contribution in [2.75, 3.05) is 30.9 Å². The van der Waals surface area contributed by atoms with Gasteiger partial charge in [0.1, 0.15) is 0 Å². The average Bonchev–Trinajstić information content (AvgIpc) is 2.41. The zero-order valence-electron chi connectivity index (χ0n) is 13.1. The highest BCUT2D eigenvalue weighted by molar-refractivity contribution is 5.36. The molecule has 0 aliphatic carbocycles. The van der Waals surface area contributed by atoms with Crippen molar-refractivity contribution >= 4 is 11.9 Å². The van der Waals surface area contributed by atoms with Gasteiger partial charge in [0.15, 0.2) is 0 Å². The summed E-state index contributed by atoms with van der Waals surface area (Å²) in [5, 5.41) is 3.38. The molecule has 1 saturated heterocycles. The lowest BCUT2D eigenvalue weighted by Gasteiger charge is -2.35. The van der Waals surface area contributed by atoms with Gasteiger partial charge in [-0.15, -0.1) is 0 Å². The third-order valence-corrected chi connectivity index (χ3v) is 3.51. The number of hydrogen-bond donors (Lipinski definition) is 3. The highest BCUT2D eigenvalue weighted by Crippen LogP contribution is 2.20. The van der Waals surface area contributed by atoms with Gasteiger partial charge in [-0.2, -0.15) is 15.0 Å². The Labute approximate surface area is 125 Å². The molecule has 8 heteroatoms. The number of hydrazine groups is 1. The largest absolute Gasteiger partial charge is 0.461 e. The maximum absolute atomic E-state index is 5.52. The predicted octanol–water partition coefficient (Wildman–Crippen LogP) is 0.697. The van der Waals surface area contributed by atoms with Crippen LogP contribution in [0.2, 0.25) is 0 Å². The van der Waals surface area contributed by atoms with E-state index < -0.39 is 0 Å². The third-order valence-electron chi connectivity index (χ3n) is 3.51. The van der Waals surface area contributed by atoms with Crippen LogP contribution in [0.5, 0.6) is 6.01 Å². The fourth-order valence-electron chi connectivity index (χ4n) is 2.48. The van der Waals surface area contributed by atoms with E-state index in [4.69, 9.17) is 10.6 Å². The normalized spacial score (nSPS) is 23.1. The molecule has 0 aromatic carbocycles. The first-order valence-corrected chi connectivity index (χ1v) is 7.32. The molecule has 4 N–H and O–H groups in total. The molecule has 1 fully saturated rings. The molecule has 8 nitrogen and oxygen atoms in total. The molecule has 0 spiro atoms. The number of likely N-dealkylation sites (tertiary alicyclic amines) is 1. The molecular formula is C13H25N7O. The number of rotatable bonds is 5. The highest BCUT2D eigenvalue weighted by atomic mass is 16.5. The van der Waals surface area contributed by atoms with E-state index in [1.54, 1.807) is 0 Å². The molecule has 0 bridgehead atoms. The molecule has 2 heterocycles. The molecule has 2 unspecified atom stereocenters. The lowest BCUT2D eigenvalue weighted by molar-refractivity contribution is 0.205. The molecule has 1 aromatic rings. The molecule has 0 radical (unpaired) electrons. The minimum Gasteiger partial charge on any atom is -0.461 e. The van der Waals surface area contributed by atoms with Crippen molar-refractivity contribution in [3.63, 3.8) is 0 Å². The lowest BCUT2D eigenvalue weighted by Crippen LogP contribution is -2.43. The van der Waals surface area contributed by atoms with Crippen LogP contribution in [0, 0.1) is 5.92 Å². The number of hydrogen-bond acceptors (Lipinski definition) is 8. The van der Waals surface area contributed by atoms with Crippen LogP contribution in [0.4, 0.5) is 11.9 Å². The number of ether oxygens (including phenoxy) is 1. The molecule has 2 atom stereocenters. The summed E-state index contributed by atoms with van der Waals surface area (Å²) < 4.78 is 5.52. The summed E-state index contributed by atoms with van der Waals surface area (Å²) in [6.07, 6.45) is 1.04. The van der Waals surface area contributed by atoms with Crippen molar-refractivity contribution in [2.24, 2.45) is 11.8 Å². The van der Waals surface area contributed by atoms with Crippen LogP contribution in [-0.2, 0) is 0 Å². The number of nitrogens with one attached hydrogen (secondary N) is 2. The summed E-state index contributed by atoms with van der Waals surface area (Å²) in [7, 11) is 2.14. The topological polar surface area (TPSA) is 101 Å². The van der Waals surface area contributed by atoms with Crippen molar-refractivity contribution in [2.45, 2.75) is 39.3 Å². The highest BCUT2D eigenvalue weighted by Gasteiger charge is 2.25. The van der Waals surface area contributed by atoms with Crippen molar-refractivity contribution in [3.05, 3.63) is 0 Å². The molecule has 118 valence electrons. The van der Waals surface area contributed by atoms with E-state index in [2.05, 4.69) is 44.6 Å². The second kappa shape index (κ2) is 6.86. The monoisotopic (exact) mass is 295 g/mol. The van der Waals surface area contributed by atoms with Gasteiger partial charge in [-0.25, -0.2) is 5.84 Å². The van der Waals surface area contributed by atoms with Crippen LogP contribution in [0.1, 0.15) is 27.2 Å². The van der Waals surface area contributed by atoms with Crippen LogP contribution in [-0.4, -0.2) is 52.1 Å². The summed E-state index contributed by atoms with van der Waals surface area (Å²) in [5.74, 6) is 6.71. The summed E-state index contributed by atoms with van der Waals surface area (Å²) in [5.41, 5.74) is 2.45. The second-order valence-electron chi connectivity index (χ2n) is 5.86. The first kappa shape index (κ1) is 15.7. The molecule has 1 aliphatic rings. The number of aromatic nitrogens is 3. The van der Waals surface area contributed by atoms with E-state index in [1.807, 2.05) is 13.8 Å². The van der Waals surface area contributed by atoms with Crippen molar-refractivity contribution in [1.29, 1.82) is 0 Å². The minimum atomic E-state index is -0.00636. The van der Waals surface area contributed by atoms with Crippen LogP contribution in [0.3, 0.4) is 0 Å². The molecule has 21 heavy (non-hydrogen) atoms. The summed E-state index contributed by atoms with van der Waals surface area (Å²) in [4.78, 5) is 15.0. The summed E-state index contributed by atoms with van der Waals surface area (Å²) >= 11 is 0. The Hall–Kier alpha value is -1.67. The van der Waals surface area contributed by atoms with Gasteiger partial charge in [0, 0.05) is 12.6 Å². The SMILES string of the molecule is CC(C)Oc1nc(NN)nc(NC2CCN(C)CC2C)n1. The van der Waals surface area contributed by atoms with E-state index in [-0.39, 0.29) is 12.1 Å². The zero-order chi connectivity index (χ0) is 15.4. The van der Waals surface area contributed by atoms with Crippen LogP contribution < -0.4 is 21.3 Å². The first-order chi connectivity index (χ1) is 9.97. The van der Waals surface area contributed by atoms with Crippen LogP contribution in [0.25, 0.3) is 0 Å². The Balaban J connectivity index is 2.11. The molecule has 0 amide bonds. The minimum absolute atomic E-state index is 0.00636. The van der Waals surface area contributed by atoms with Gasteiger partial charge >= 0.3 is 6.01 Å². The maximum Gasteiger partial charge on any atom is 0.323 e. The number of nitrogens with zero attached hydrogens (tertiary/aromatic N) is 4. The first-order valence-electron chi connectivity index (χ1n) is 7.32. The third kappa shape index (κ3) is 4.40. The molecule has 2 rings (SSSR count). The maximum atomic E-state index is 5.52. The number of piperidine rings is 1. The number of nitrogens with two attached hydrogens (primary N) is 1. The fourth-order valence-corrected chi connectivity index (χ4v) is 2.48. The van der Waals surface area contributed by atoms with E-state index in [9.17, 15) is 0 Å².